The molecule has 3 amide bonds. The van der Waals surface area contributed by atoms with Gasteiger partial charge in [0.05, 0.1) is 12.6 Å². The molecule has 1 aromatic carbocycles. The molecule has 1 aliphatic rings. The summed E-state index contributed by atoms with van der Waals surface area (Å²) < 4.78 is 0. The molecular weight excluding hydrogens is 220 g/mol. The van der Waals surface area contributed by atoms with Crippen molar-refractivity contribution >= 4 is 17.6 Å². The monoisotopic (exact) mass is 234 g/mol. The van der Waals surface area contributed by atoms with Crippen LogP contribution in [0.3, 0.4) is 0 Å². The average Bonchev–Trinajstić information content (AvgIpc) is 2.71. The molecule has 0 saturated carbocycles. The van der Waals surface area contributed by atoms with Crippen LogP contribution in [0.1, 0.15) is 12.8 Å². The van der Waals surface area contributed by atoms with Crippen molar-refractivity contribution in [3.05, 3.63) is 30.3 Å². The molecule has 0 aliphatic carbocycles. The Morgan fingerprint density at radius 2 is 2.12 bits per heavy atom. The predicted octanol–water partition coefficient (Wildman–Crippen LogP) is 1.20. The number of aliphatic hydroxyl groups excluding tert-OH is 1. The van der Waals surface area contributed by atoms with Crippen molar-refractivity contribution in [1.82, 2.24) is 4.90 Å². The Morgan fingerprint density at radius 1 is 1.41 bits per heavy atom. The van der Waals surface area contributed by atoms with Gasteiger partial charge in [0.25, 0.3) is 0 Å². The van der Waals surface area contributed by atoms with E-state index in [9.17, 15) is 9.59 Å². The molecule has 2 rings (SSSR count). The van der Waals surface area contributed by atoms with Crippen molar-refractivity contribution in [2.75, 3.05) is 11.9 Å². The van der Waals surface area contributed by atoms with Gasteiger partial charge in [0.15, 0.2) is 0 Å². The molecule has 0 aromatic heterocycles. The van der Waals surface area contributed by atoms with E-state index in [0.29, 0.717) is 18.5 Å². The highest BCUT2D eigenvalue weighted by Crippen LogP contribution is 2.19. The fraction of sp³-hybridized carbons (Fsp3) is 0.333. The Bertz CT molecular complexity index is 419. The van der Waals surface area contributed by atoms with E-state index >= 15 is 0 Å². The van der Waals surface area contributed by atoms with Crippen LogP contribution >= 0.6 is 0 Å². The van der Waals surface area contributed by atoms with Crippen molar-refractivity contribution in [3.8, 4) is 0 Å². The number of carbonyl (C=O) groups excluding carboxylic acids is 2. The van der Waals surface area contributed by atoms with E-state index in [-0.39, 0.29) is 12.5 Å². The lowest BCUT2D eigenvalue weighted by molar-refractivity contribution is -0.126. The van der Waals surface area contributed by atoms with Gasteiger partial charge in [0, 0.05) is 12.1 Å². The molecule has 17 heavy (non-hydrogen) atoms. The van der Waals surface area contributed by atoms with Crippen LogP contribution < -0.4 is 5.32 Å². The van der Waals surface area contributed by atoms with E-state index < -0.39 is 12.1 Å². The zero-order valence-electron chi connectivity index (χ0n) is 9.30. The Kier molecular flexibility index (Phi) is 3.39. The maximum atomic E-state index is 11.9. The van der Waals surface area contributed by atoms with Crippen molar-refractivity contribution < 1.29 is 14.7 Å². The van der Waals surface area contributed by atoms with E-state index in [1.807, 2.05) is 6.07 Å². The normalized spacial score (nSPS) is 19.5. The molecular formula is C12H14N2O3. The number of benzene rings is 1. The second-order valence-corrected chi connectivity index (χ2v) is 3.93. The Morgan fingerprint density at radius 3 is 2.76 bits per heavy atom. The fourth-order valence-corrected chi connectivity index (χ4v) is 1.90. The first-order valence-corrected chi connectivity index (χ1v) is 5.51. The number of anilines is 1. The number of likely N-dealkylation sites (tertiary alicyclic amines) is 1. The first-order chi connectivity index (χ1) is 8.22. The maximum Gasteiger partial charge on any atom is 0.328 e. The van der Waals surface area contributed by atoms with Gasteiger partial charge in [0.1, 0.15) is 0 Å². The number of nitrogens with zero attached hydrogens (tertiary/aromatic N) is 1. The Hall–Kier alpha value is -1.88. The number of para-hydroxylation sites is 1. The third kappa shape index (κ3) is 2.45. The molecule has 1 fully saturated rings. The number of nitrogens with one attached hydrogen (secondary N) is 1. The molecule has 5 heteroatoms. The summed E-state index contributed by atoms with van der Waals surface area (Å²) in [5, 5.41) is 11.7. The Balaban J connectivity index is 2.07. The second kappa shape index (κ2) is 4.97. The number of aliphatic hydroxyl groups is 1. The van der Waals surface area contributed by atoms with E-state index in [1.165, 1.54) is 0 Å². The quantitative estimate of drug-likeness (QED) is 0.807. The lowest BCUT2D eigenvalue weighted by atomic mass is 10.2. The average molecular weight is 234 g/mol. The minimum absolute atomic E-state index is 0.187. The van der Waals surface area contributed by atoms with Crippen LogP contribution in [0, 0.1) is 0 Å². The fourth-order valence-electron chi connectivity index (χ4n) is 1.90. The van der Waals surface area contributed by atoms with E-state index in [1.54, 1.807) is 24.3 Å². The summed E-state index contributed by atoms with van der Waals surface area (Å²) in [6.07, 6.45) is 0.838. The molecule has 1 saturated heterocycles. The van der Waals surface area contributed by atoms with Crippen LogP contribution in [-0.4, -0.2) is 34.6 Å². The number of hydrogen-bond donors (Lipinski definition) is 2. The van der Waals surface area contributed by atoms with Crippen LogP contribution in [0.5, 0.6) is 0 Å². The molecule has 0 radical (unpaired) electrons. The summed E-state index contributed by atoms with van der Waals surface area (Å²) in [4.78, 5) is 24.5. The van der Waals surface area contributed by atoms with Crippen molar-refractivity contribution in [2.45, 2.75) is 18.9 Å². The van der Waals surface area contributed by atoms with Crippen molar-refractivity contribution in [3.63, 3.8) is 0 Å². The molecule has 1 aromatic rings. The van der Waals surface area contributed by atoms with Gasteiger partial charge >= 0.3 is 6.03 Å². The van der Waals surface area contributed by atoms with Gasteiger partial charge in [-0.1, -0.05) is 18.2 Å². The van der Waals surface area contributed by atoms with E-state index in [2.05, 4.69) is 5.32 Å². The maximum absolute atomic E-state index is 11.9. The summed E-state index contributed by atoms with van der Waals surface area (Å²) in [6, 6.07) is 8.05. The molecule has 5 nitrogen and oxygen atoms in total. The molecule has 1 heterocycles. The molecule has 0 bridgehead atoms. The van der Waals surface area contributed by atoms with Crippen LogP contribution in [0.15, 0.2) is 30.3 Å². The summed E-state index contributed by atoms with van der Waals surface area (Å²) >= 11 is 0. The zero-order valence-corrected chi connectivity index (χ0v) is 9.30. The highest BCUT2D eigenvalue weighted by atomic mass is 16.3. The third-order valence-corrected chi connectivity index (χ3v) is 2.78. The summed E-state index contributed by atoms with van der Waals surface area (Å²) in [5.74, 6) is -0.238. The van der Waals surface area contributed by atoms with Gasteiger partial charge in [0.2, 0.25) is 5.91 Å². The molecule has 2 N–H and O–H groups in total. The predicted molar refractivity (Wildman–Crippen MR) is 62.4 cm³/mol. The van der Waals surface area contributed by atoms with E-state index in [0.717, 1.165) is 4.90 Å². The minimum Gasteiger partial charge on any atom is -0.394 e. The van der Waals surface area contributed by atoms with Gasteiger partial charge in [-0.2, -0.15) is 0 Å². The standard InChI is InChI=1S/C12H14N2O3/c15-8-10-6-7-11(16)14(10)12(17)13-9-4-2-1-3-5-9/h1-5,10,15H,6-8H2,(H,13,17). The van der Waals surface area contributed by atoms with Crippen LogP contribution in [-0.2, 0) is 4.79 Å². The number of hydrogen-bond acceptors (Lipinski definition) is 3. The second-order valence-electron chi connectivity index (χ2n) is 3.93. The molecule has 1 aliphatic heterocycles. The zero-order chi connectivity index (χ0) is 12.3. The molecule has 90 valence electrons. The van der Waals surface area contributed by atoms with E-state index in [4.69, 9.17) is 5.11 Å². The molecule has 1 atom stereocenters. The lowest BCUT2D eigenvalue weighted by Gasteiger charge is -2.21. The summed E-state index contributed by atoms with van der Waals surface area (Å²) in [7, 11) is 0. The number of carbonyl (C=O) groups is 2. The molecule has 0 spiro atoms. The highest BCUT2D eigenvalue weighted by molar-refractivity contribution is 6.02. The van der Waals surface area contributed by atoms with Gasteiger partial charge in [-0.3, -0.25) is 9.69 Å². The van der Waals surface area contributed by atoms with Crippen molar-refractivity contribution in [2.24, 2.45) is 0 Å². The number of urea groups is 1. The van der Waals surface area contributed by atoms with Gasteiger partial charge in [-0.15, -0.1) is 0 Å². The Labute approximate surface area is 99.0 Å². The van der Waals surface area contributed by atoms with Crippen LogP contribution in [0.2, 0.25) is 0 Å². The van der Waals surface area contributed by atoms with Gasteiger partial charge < -0.3 is 10.4 Å². The van der Waals surface area contributed by atoms with Crippen LogP contribution in [0.4, 0.5) is 10.5 Å². The first kappa shape index (κ1) is 11.6. The van der Waals surface area contributed by atoms with Gasteiger partial charge in [-0.05, 0) is 18.6 Å². The first-order valence-electron chi connectivity index (χ1n) is 5.51. The largest absolute Gasteiger partial charge is 0.394 e. The third-order valence-electron chi connectivity index (χ3n) is 2.78. The number of amides is 3. The lowest BCUT2D eigenvalue weighted by Crippen LogP contribution is -2.43. The van der Waals surface area contributed by atoms with Crippen LogP contribution in [0.25, 0.3) is 0 Å². The van der Waals surface area contributed by atoms with Gasteiger partial charge in [-0.25, -0.2) is 4.79 Å². The SMILES string of the molecule is O=C1CCC(CO)N1C(=O)Nc1ccccc1. The minimum atomic E-state index is -0.474. The topological polar surface area (TPSA) is 69.6 Å². The molecule has 1 unspecified atom stereocenters. The summed E-state index contributed by atoms with van der Waals surface area (Å²) in [5.41, 5.74) is 0.633. The number of imide groups is 1. The highest BCUT2D eigenvalue weighted by Gasteiger charge is 2.35. The van der Waals surface area contributed by atoms with Crippen molar-refractivity contribution in [1.29, 1.82) is 0 Å². The smallest absolute Gasteiger partial charge is 0.328 e. The number of rotatable bonds is 2. The summed E-state index contributed by atoms with van der Waals surface area (Å²) in [6.45, 7) is -0.187.